The number of hydrogen-bond donors (Lipinski definition) is 1. The molecule has 1 aromatic carbocycles. The Morgan fingerprint density at radius 2 is 1.32 bits per heavy atom. The lowest BCUT2D eigenvalue weighted by Gasteiger charge is -2.19. The van der Waals surface area contributed by atoms with Crippen LogP contribution in [0.2, 0.25) is 0 Å². The Morgan fingerprint density at radius 1 is 0.774 bits per heavy atom. The Morgan fingerprint density at radius 3 is 1.87 bits per heavy atom. The highest BCUT2D eigenvalue weighted by atomic mass is 32.2. The summed E-state index contributed by atoms with van der Waals surface area (Å²) in [6.45, 7) is 6.35. The van der Waals surface area contributed by atoms with E-state index in [-0.39, 0.29) is 6.42 Å². The molecule has 1 aromatic rings. The van der Waals surface area contributed by atoms with E-state index >= 15 is 0 Å². The second kappa shape index (κ2) is 16.5. The molecule has 1 rings (SSSR count). The molecule has 5 heteroatoms. The molecule has 0 aliphatic heterocycles. The summed E-state index contributed by atoms with van der Waals surface area (Å²) in [7, 11) is -4.24. The number of ether oxygens (including phenoxy) is 1. The number of rotatable bonds is 19. The van der Waals surface area contributed by atoms with Gasteiger partial charge in [0.25, 0.3) is 0 Å². The van der Waals surface area contributed by atoms with Crippen molar-refractivity contribution in [3.63, 3.8) is 0 Å². The van der Waals surface area contributed by atoms with Crippen molar-refractivity contribution in [2.75, 3.05) is 0 Å². The van der Waals surface area contributed by atoms with Crippen molar-refractivity contribution in [1.29, 1.82) is 0 Å². The van der Waals surface area contributed by atoms with E-state index in [9.17, 15) is 13.0 Å². The Bertz CT molecular complexity index is 685. The molecule has 0 fully saturated rings. The van der Waals surface area contributed by atoms with Crippen molar-refractivity contribution >= 4 is 10.1 Å². The van der Waals surface area contributed by atoms with E-state index in [4.69, 9.17) is 4.74 Å². The second-order valence-corrected chi connectivity index (χ2v) is 10.4. The summed E-state index contributed by atoms with van der Waals surface area (Å²) in [6, 6.07) is 6.16. The van der Waals surface area contributed by atoms with Crippen LogP contribution in [0.15, 0.2) is 18.2 Å². The molecule has 1 unspecified atom stereocenters. The van der Waals surface area contributed by atoms with Crippen molar-refractivity contribution in [2.45, 2.75) is 129 Å². The van der Waals surface area contributed by atoms with Gasteiger partial charge in [0.2, 0.25) is 5.44 Å². The molecule has 0 radical (unpaired) electrons. The molecular formula is C26H46O4S. The first-order valence-corrected chi connectivity index (χ1v) is 14.2. The van der Waals surface area contributed by atoms with E-state index in [1.54, 1.807) is 0 Å². The molecule has 4 nitrogen and oxygen atoms in total. The van der Waals surface area contributed by atoms with E-state index in [1.807, 2.05) is 13.0 Å². The van der Waals surface area contributed by atoms with Crippen molar-refractivity contribution in [3.05, 3.63) is 29.3 Å². The number of hydrogen-bond acceptors (Lipinski definition) is 3. The Balaban J connectivity index is 2.78. The standard InChI is InChI=1S/C26H46O4S/c1-4-7-9-11-13-15-18-23-20-21-25(30-26(17-6-3)31(27,28)29)24(22-23)19-16-14-12-10-8-5-2/h20-22,26H,4-19H2,1-3H3,(H,27,28,29). The molecule has 180 valence electrons. The van der Waals surface area contributed by atoms with Crippen LogP contribution in [-0.2, 0) is 23.0 Å². The Hall–Kier alpha value is -1.07. The molecule has 0 aliphatic carbocycles. The van der Waals surface area contributed by atoms with Crippen molar-refractivity contribution < 1.29 is 17.7 Å². The number of unbranched alkanes of at least 4 members (excludes halogenated alkanes) is 10. The minimum absolute atomic E-state index is 0.287. The minimum Gasteiger partial charge on any atom is -0.472 e. The number of benzene rings is 1. The van der Waals surface area contributed by atoms with Gasteiger partial charge in [0.1, 0.15) is 5.75 Å². The van der Waals surface area contributed by atoms with Crippen LogP contribution in [0.3, 0.4) is 0 Å². The molecule has 0 aromatic heterocycles. The molecule has 0 saturated heterocycles. The van der Waals surface area contributed by atoms with Crippen LogP contribution in [0.4, 0.5) is 0 Å². The average Bonchev–Trinajstić information content (AvgIpc) is 2.73. The van der Waals surface area contributed by atoms with Gasteiger partial charge in [-0.05, 0) is 42.9 Å². The zero-order valence-corrected chi connectivity index (χ0v) is 21.0. The van der Waals surface area contributed by atoms with Crippen LogP contribution in [0.25, 0.3) is 0 Å². The largest absolute Gasteiger partial charge is 0.472 e. The summed E-state index contributed by atoms with van der Waals surface area (Å²) in [5.74, 6) is 0.608. The van der Waals surface area contributed by atoms with Crippen LogP contribution in [0.5, 0.6) is 5.75 Å². The monoisotopic (exact) mass is 454 g/mol. The van der Waals surface area contributed by atoms with Crippen molar-refractivity contribution in [1.82, 2.24) is 0 Å². The lowest BCUT2D eigenvalue weighted by atomic mass is 9.99. The van der Waals surface area contributed by atoms with Crippen LogP contribution in [0, 0.1) is 0 Å². The lowest BCUT2D eigenvalue weighted by Crippen LogP contribution is -2.27. The van der Waals surface area contributed by atoms with Gasteiger partial charge in [0, 0.05) is 6.42 Å². The van der Waals surface area contributed by atoms with Gasteiger partial charge >= 0.3 is 10.1 Å². The number of aryl methyl sites for hydroxylation is 2. The zero-order valence-electron chi connectivity index (χ0n) is 20.2. The van der Waals surface area contributed by atoms with E-state index in [1.165, 1.54) is 76.2 Å². The summed E-state index contributed by atoms with van der Waals surface area (Å²) in [4.78, 5) is 0. The van der Waals surface area contributed by atoms with E-state index < -0.39 is 15.6 Å². The summed E-state index contributed by atoms with van der Waals surface area (Å²) < 4.78 is 38.9. The maximum Gasteiger partial charge on any atom is 0.303 e. The predicted octanol–water partition coefficient (Wildman–Crippen LogP) is 7.89. The van der Waals surface area contributed by atoms with Crippen LogP contribution in [-0.4, -0.2) is 18.4 Å². The van der Waals surface area contributed by atoms with Crippen LogP contribution < -0.4 is 4.74 Å². The summed E-state index contributed by atoms with van der Waals surface area (Å²) >= 11 is 0. The topological polar surface area (TPSA) is 63.6 Å². The van der Waals surface area contributed by atoms with E-state index in [0.29, 0.717) is 12.2 Å². The molecule has 0 amide bonds. The van der Waals surface area contributed by atoms with Crippen LogP contribution >= 0.6 is 0 Å². The molecule has 0 heterocycles. The average molecular weight is 455 g/mol. The first-order chi connectivity index (χ1) is 14.9. The third kappa shape index (κ3) is 12.5. The normalized spacial score (nSPS) is 12.8. The van der Waals surface area contributed by atoms with Gasteiger partial charge in [-0.3, -0.25) is 4.55 Å². The van der Waals surface area contributed by atoms with Gasteiger partial charge in [-0.1, -0.05) is 104 Å². The minimum atomic E-state index is -4.24. The SMILES string of the molecule is CCCCCCCCc1ccc(OC(CCC)S(=O)(=O)O)c(CCCCCCCC)c1. The van der Waals surface area contributed by atoms with Crippen molar-refractivity contribution in [2.24, 2.45) is 0 Å². The molecule has 1 atom stereocenters. The highest BCUT2D eigenvalue weighted by Gasteiger charge is 2.25. The zero-order chi connectivity index (χ0) is 23.0. The first kappa shape index (κ1) is 28.0. The second-order valence-electron chi connectivity index (χ2n) is 8.83. The molecule has 0 spiro atoms. The van der Waals surface area contributed by atoms with Gasteiger partial charge in [0.15, 0.2) is 0 Å². The maximum absolute atomic E-state index is 11.7. The fraction of sp³-hybridized carbons (Fsp3) is 0.769. The lowest BCUT2D eigenvalue weighted by molar-refractivity contribution is 0.243. The molecule has 0 bridgehead atoms. The fourth-order valence-corrected chi connectivity index (χ4v) is 4.71. The van der Waals surface area contributed by atoms with Gasteiger partial charge in [-0.2, -0.15) is 8.42 Å². The highest BCUT2D eigenvalue weighted by molar-refractivity contribution is 7.86. The van der Waals surface area contributed by atoms with Crippen molar-refractivity contribution in [3.8, 4) is 5.75 Å². The molecule has 1 N–H and O–H groups in total. The highest BCUT2D eigenvalue weighted by Crippen LogP contribution is 2.27. The molecule has 31 heavy (non-hydrogen) atoms. The Kier molecular flexibility index (Phi) is 14.9. The van der Waals surface area contributed by atoms with E-state index in [0.717, 1.165) is 24.8 Å². The fourth-order valence-electron chi connectivity index (χ4n) is 3.95. The van der Waals surface area contributed by atoms with Crippen LogP contribution in [0.1, 0.15) is 122 Å². The molecular weight excluding hydrogens is 408 g/mol. The predicted molar refractivity (Wildman–Crippen MR) is 131 cm³/mol. The smallest absolute Gasteiger partial charge is 0.303 e. The molecule has 0 aliphatic rings. The maximum atomic E-state index is 11.7. The first-order valence-electron chi connectivity index (χ1n) is 12.7. The summed E-state index contributed by atoms with van der Waals surface area (Å²) in [6.07, 6.45) is 17.8. The summed E-state index contributed by atoms with van der Waals surface area (Å²) in [5.41, 5.74) is 1.18. The molecule has 0 saturated carbocycles. The van der Waals surface area contributed by atoms with Gasteiger partial charge in [-0.25, -0.2) is 0 Å². The van der Waals surface area contributed by atoms with Gasteiger partial charge in [-0.15, -0.1) is 0 Å². The van der Waals surface area contributed by atoms with E-state index in [2.05, 4.69) is 26.0 Å². The van der Waals surface area contributed by atoms with Gasteiger partial charge in [0.05, 0.1) is 0 Å². The summed E-state index contributed by atoms with van der Waals surface area (Å²) in [5, 5.41) is 0. The third-order valence-corrected chi connectivity index (χ3v) is 6.85. The Labute approximate surface area is 191 Å². The third-order valence-electron chi connectivity index (χ3n) is 5.86. The van der Waals surface area contributed by atoms with Gasteiger partial charge < -0.3 is 4.74 Å². The quantitative estimate of drug-likeness (QED) is 0.170.